The first-order valence-electron chi connectivity index (χ1n) is 6.20. The van der Waals surface area contributed by atoms with E-state index >= 15 is 0 Å². The topological polar surface area (TPSA) is 66.8 Å². The van der Waals surface area contributed by atoms with Gasteiger partial charge in [-0.3, -0.25) is 9.59 Å². The van der Waals surface area contributed by atoms with E-state index < -0.39 is 12.0 Å². The van der Waals surface area contributed by atoms with E-state index in [-0.39, 0.29) is 24.8 Å². The van der Waals surface area contributed by atoms with Crippen LogP contribution in [0.15, 0.2) is 30.3 Å². The average Bonchev–Trinajstić information content (AvgIpc) is 2.80. The van der Waals surface area contributed by atoms with Gasteiger partial charge in [-0.05, 0) is 5.56 Å². The molecule has 1 aromatic rings. The second-order valence-corrected chi connectivity index (χ2v) is 4.65. The number of nitrogens with zero attached hydrogens (tertiary/aromatic N) is 1. The fraction of sp³-hybridized carbons (Fsp3) is 0.429. The molecule has 0 aliphatic carbocycles. The zero-order valence-electron chi connectivity index (χ0n) is 10.8. The molecule has 2 unspecified atom stereocenters. The summed E-state index contributed by atoms with van der Waals surface area (Å²) in [5.74, 6) is -0.907. The van der Waals surface area contributed by atoms with Gasteiger partial charge in [-0.15, -0.1) is 0 Å². The van der Waals surface area contributed by atoms with Gasteiger partial charge in [-0.2, -0.15) is 0 Å². The third-order valence-electron chi connectivity index (χ3n) is 3.33. The molecule has 1 aliphatic heterocycles. The minimum absolute atomic E-state index is 0.120. The van der Waals surface area contributed by atoms with Crippen LogP contribution in [0, 0.1) is 5.92 Å². The van der Waals surface area contributed by atoms with Crippen LogP contribution >= 0.6 is 0 Å². The van der Waals surface area contributed by atoms with Gasteiger partial charge in [0.2, 0.25) is 5.91 Å². The van der Waals surface area contributed by atoms with Crippen LogP contribution in [0.2, 0.25) is 0 Å². The number of methoxy groups -OCH3 is 1. The number of hydrogen-bond acceptors (Lipinski definition) is 4. The number of hydrogen-bond donors (Lipinski definition) is 1. The molecule has 0 aromatic heterocycles. The van der Waals surface area contributed by atoms with Crippen LogP contribution in [0.25, 0.3) is 0 Å². The van der Waals surface area contributed by atoms with Crippen molar-refractivity contribution < 1.29 is 19.4 Å². The minimum Gasteiger partial charge on any atom is -0.469 e. The van der Waals surface area contributed by atoms with Gasteiger partial charge in [0.15, 0.2) is 0 Å². The van der Waals surface area contributed by atoms with Crippen LogP contribution in [-0.2, 0) is 14.3 Å². The van der Waals surface area contributed by atoms with Crippen molar-refractivity contribution in [2.24, 2.45) is 5.92 Å². The molecule has 5 heteroatoms. The van der Waals surface area contributed by atoms with Gasteiger partial charge in [-0.1, -0.05) is 30.3 Å². The van der Waals surface area contributed by atoms with Crippen LogP contribution in [0.3, 0.4) is 0 Å². The Bertz CT molecular complexity index is 460. The van der Waals surface area contributed by atoms with Crippen molar-refractivity contribution >= 4 is 11.9 Å². The number of carbonyl (C=O) groups is 2. The maximum atomic E-state index is 11.8. The Labute approximate surface area is 111 Å². The Kier molecular flexibility index (Phi) is 4.16. The van der Waals surface area contributed by atoms with E-state index in [1.165, 1.54) is 12.0 Å². The maximum Gasteiger partial charge on any atom is 0.310 e. The van der Waals surface area contributed by atoms with Gasteiger partial charge in [0.05, 0.1) is 25.7 Å². The SMILES string of the molecule is COC(=O)C1CC(=O)N(CC(O)c2ccccc2)C1. The summed E-state index contributed by atoms with van der Waals surface area (Å²) < 4.78 is 4.64. The van der Waals surface area contributed by atoms with Crippen LogP contribution in [-0.4, -0.2) is 42.1 Å². The van der Waals surface area contributed by atoms with E-state index in [4.69, 9.17) is 0 Å². The lowest BCUT2D eigenvalue weighted by Crippen LogP contribution is -2.31. The number of β-amino-alcohol motifs (C(OH)–C–C–N with tert-alkyl or cyclic N) is 1. The molecule has 2 rings (SSSR count). The Balaban J connectivity index is 1.97. The molecule has 2 atom stereocenters. The van der Waals surface area contributed by atoms with Crippen molar-refractivity contribution in [1.82, 2.24) is 4.90 Å². The Morgan fingerprint density at radius 2 is 2.16 bits per heavy atom. The molecule has 1 N–H and O–H groups in total. The number of esters is 1. The molecular weight excluding hydrogens is 246 g/mol. The van der Waals surface area contributed by atoms with Crippen molar-refractivity contribution in [3.63, 3.8) is 0 Å². The molecule has 102 valence electrons. The lowest BCUT2D eigenvalue weighted by molar-refractivity contribution is -0.145. The number of amides is 1. The number of rotatable bonds is 4. The van der Waals surface area contributed by atoms with Crippen molar-refractivity contribution in [3.05, 3.63) is 35.9 Å². The standard InChI is InChI=1S/C14H17NO4/c1-19-14(18)11-7-13(17)15(8-11)9-12(16)10-5-3-2-4-6-10/h2-6,11-12,16H,7-9H2,1H3. The first-order valence-corrected chi connectivity index (χ1v) is 6.20. The molecule has 5 nitrogen and oxygen atoms in total. The van der Waals surface area contributed by atoms with E-state index in [1.807, 2.05) is 30.3 Å². The summed E-state index contributed by atoms with van der Waals surface area (Å²) in [4.78, 5) is 24.7. The predicted octanol–water partition coefficient (Wildman–Crippen LogP) is 0.741. The Morgan fingerprint density at radius 1 is 1.47 bits per heavy atom. The molecule has 0 spiro atoms. The van der Waals surface area contributed by atoms with Crippen LogP contribution in [0.1, 0.15) is 18.1 Å². The van der Waals surface area contributed by atoms with Gasteiger partial charge in [0.1, 0.15) is 0 Å². The second kappa shape index (κ2) is 5.84. The first kappa shape index (κ1) is 13.5. The van der Waals surface area contributed by atoms with Crippen LogP contribution in [0.5, 0.6) is 0 Å². The maximum absolute atomic E-state index is 11.8. The molecule has 1 fully saturated rings. The number of aliphatic hydroxyl groups excluding tert-OH is 1. The second-order valence-electron chi connectivity index (χ2n) is 4.65. The third kappa shape index (κ3) is 3.12. The van der Waals surface area contributed by atoms with E-state index in [9.17, 15) is 14.7 Å². The summed E-state index contributed by atoms with van der Waals surface area (Å²) in [5, 5.41) is 10.1. The van der Waals surface area contributed by atoms with Gasteiger partial charge in [-0.25, -0.2) is 0 Å². The predicted molar refractivity (Wildman–Crippen MR) is 68.1 cm³/mol. The fourth-order valence-electron chi connectivity index (χ4n) is 2.26. The fourth-order valence-corrected chi connectivity index (χ4v) is 2.26. The minimum atomic E-state index is -0.735. The summed E-state index contributed by atoms with van der Waals surface area (Å²) in [7, 11) is 1.31. The number of carbonyl (C=O) groups excluding carboxylic acids is 2. The van der Waals surface area contributed by atoms with Crippen molar-refractivity contribution in [2.75, 3.05) is 20.2 Å². The molecule has 1 aliphatic rings. The van der Waals surface area contributed by atoms with Gasteiger partial charge >= 0.3 is 5.97 Å². The summed E-state index contributed by atoms with van der Waals surface area (Å²) in [6.45, 7) is 0.520. The van der Waals surface area contributed by atoms with Gasteiger partial charge in [0.25, 0.3) is 0 Å². The lowest BCUT2D eigenvalue weighted by Gasteiger charge is -2.20. The number of ether oxygens (including phenoxy) is 1. The zero-order chi connectivity index (χ0) is 13.8. The summed E-state index contributed by atoms with van der Waals surface area (Å²) in [6.07, 6.45) is -0.574. The molecule has 0 radical (unpaired) electrons. The van der Waals surface area contributed by atoms with Crippen molar-refractivity contribution in [2.45, 2.75) is 12.5 Å². The number of likely N-dealkylation sites (tertiary alicyclic amines) is 1. The quantitative estimate of drug-likeness (QED) is 0.814. The van der Waals surface area contributed by atoms with E-state index in [0.29, 0.717) is 6.54 Å². The summed E-state index contributed by atoms with van der Waals surface area (Å²) >= 11 is 0. The van der Waals surface area contributed by atoms with Crippen molar-refractivity contribution in [1.29, 1.82) is 0 Å². The first-order chi connectivity index (χ1) is 9.11. The monoisotopic (exact) mass is 263 g/mol. The van der Waals surface area contributed by atoms with Crippen LogP contribution in [0.4, 0.5) is 0 Å². The largest absolute Gasteiger partial charge is 0.469 e. The molecular formula is C14H17NO4. The Morgan fingerprint density at radius 3 is 2.79 bits per heavy atom. The zero-order valence-corrected chi connectivity index (χ0v) is 10.8. The summed E-state index contributed by atoms with van der Waals surface area (Å²) in [6, 6.07) is 9.15. The van der Waals surface area contributed by atoms with E-state index in [1.54, 1.807) is 0 Å². The average molecular weight is 263 g/mol. The highest BCUT2D eigenvalue weighted by Gasteiger charge is 2.35. The van der Waals surface area contributed by atoms with E-state index in [2.05, 4.69) is 4.74 Å². The van der Waals surface area contributed by atoms with E-state index in [0.717, 1.165) is 5.56 Å². The highest BCUT2D eigenvalue weighted by Crippen LogP contribution is 2.22. The molecule has 1 heterocycles. The highest BCUT2D eigenvalue weighted by molar-refractivity contribution is 5.86. The van der Waals surface area contributed by atoms with Gasteiger partial charge < -0.3 is 14.7 Å². The number of benzene rings is 1. The highest BCUT2D eigenvalue weighted by atomic mass is 16.5. The summed E-state index contributed by atoms with van der Waals surface area (Å²) in [5.41, 5.74) is 0.761. The smallest absolute Gasteiger partial charge is 0.310 e. The normalized spacial score (nSPS) is 20.4. The van der Waals surface area contributed by atoms with Crippen molar-refractivity contribution in [3.8, 4) is 0 Å². The Hall–Kier alpha value is -1.88. The molecule has 1 saturated heterocycles. The lowest BCUT2D eigenvalue weighted by atomic mass is 10.1. The molecule has 1 amide bonds. The molecule has 0 bridgehead atoms. The molecule has 19 heavy (non-hydrogen) atoms. The van der Waals surface area contributed by atoms with Crippen LogP contribution < -0.4 is 0 Å². The third-order valence-corrected chi connectivity index (χ3v) is 3.33. The molecule has 0 saturated carbocycles. The molecule has 1 aromatic carbocycles. The number of aliphatic hydroxyl groups is 1. The van der Waals surface area contributed by atoms with Gasteiger partial charge in [0, 0.05) is 13.0 Å².